The topological polar surface area (TPSA) is 78.6 Å². The fourth-order valence-electron chi connectivity index (χ4n) is 2.40. The van der Waals surface area contributed by atoms with E-state index in [9.17, 15) is 9.59 Å². The van der Waals surface area contributed by atoms with E-state index < -0.39 is 11.9 Å². The lowest BCUT2D eigenvalue weighted by atomic mass is 9.98. The number of carbonyl (C=O) groups excluding carboxylic acids is 2. The largest absolute Gasteiger partial charge is 0.462 e. The van der Waals surface area contributed by atoms with Crippen LogP contribution in [0.4, 0.5) is 0 Å². The molecule has 0 radical (unpaired) electrons. The number of esters is 2. The number of carbonyl (C=O) groups is 2. The minimum Gasteiger partial charge on any atom is -0.462 e. The minimum absolute atomic E-state index is 0.106. The molecule has 116 valence electrons. The summed E-state index contributed by atoms with van der Waals surface area (Å²) in [5.74, 6) is -1.50. The summed E-state index contributed by atoms with van der Waals surface area (Å²) in [5, 5.41) is 0. The molecule has 1 aromatic rings. The summed E-state index contributed by atoms with van der Waals surface area (Å²) in [6.07, 6.45) is 1.66. The Bertz CT molecular complexity index is 631. The first-order chi connectivity index (χ1) is 10.6. The molecule has 1 aliphatic rings. The lowest BCUT2D eigenvalue weighted by molar-refractivity contribution is -0.142. The van der Waals surface area contributed by atoms with E-state index in [1.807, 2.05) is 30.3 Å². The first-order valence-corrected chi connectivity index (χ1v) is 7.21. The van der Waals surface area contributed by atoms with E-state index in [0.717, 1.165) is 5.56 Å². The number of rotatable bonds is 5. The summed E-state index contributed by atoms with van der Waals surface area (Å²) in [6, 6.07) is 9.43. The molecular weight excluding hydrogens is 282 g/mol. The molecule has 1 unspecified atom stereocenters. The Kier molecular flexibility index (Phi) is 4.99. The van der Waals surface area contributed by atoms with Gasteiger partial charge >= 0.3 is 11.9 Å². The zero-order valence-corrected chi connectivity index (χ0v) is 12.7. The fraction of sp³-hybridized carbons (Fsp3) is 0.294. The molecular formula is C17H19NO4. The van der Waals surface area contributed by atoms with Gasteiger partial charge in [0.15, 0.2) is 0 Å². The van der Waals surface area contributed by atoms with Crippen LogP contribution in [0.1, 0.15) is 25.3 Å². The molecule has 2 N–H and O–H groups in total. The third-order valence-corrected chi connectivity index (χ3v) is 3.36. The molecule has 5 heteroatoms. The Hall–Kier alpha value is -2.56. The van der Waals surface area contributed by atoms with E-state index >= 15 is 0 Å². The van der Waals surface area contributed by atoms with Crippen LogP contribution in [-0.4, -0.2) is 25.2 Å². The van der Waals surface area contributed by atoms with Crippen LogP contribution in [0.15, 0.2) is 53.3 Å². The van der Waals surface area contributed by atoms with Gasteiger partial charge in [-0.05, 0) is 19.4 Å². The first-order valence-electron chi connectivity index (χ1n) is 7.21. The minimum atomic E-state index is -0.599. The second kappa shape index (κ2) is 6.93. The van der Waals surface area contributed by atoms with Crippen molar-refractivity contribution in [2.75, 3.05) is 13.2 Å². The second-order valence-electron chi connectivity index (χ2n) is 4.74. The Labute approximate surface area is 129 Å². The van der Waals surface area contributed by atoms with Gasteiger partial charge in [0.2, 0.25) is 0 Å². The third kappa shape index (κ3) is 3.03. The zero-order chi connectivity index (χ0) is 16.1. The van der Waals surface area contributed by atoms with E-state index in [1.165, 1.54) is 0 Å². The third-order valence-electron chi connectivity index (χ3n) is 3.36. The summed E-state index contributed by atoms with van der Waals surface area (Å²) in [7, 11) is 0. The van der Waals surface area contributed by atoms with Crippen LogP contribution in [-0.2, 0) is 19.1 Å². The van der Waals surface area contributed by atoms with Crippen molar-refractivity contribution in [3.8, 4) is 0 Å². The maximum Gasteiger partial charge on any atom is 0.340 e. The van der Waals surface area contributed by atoms with Gasteiger partial charge in [-0.1, -0.05) is 36.4 Å². The molecule has 1 aliphatic carbocycles. The van der Waals surface area contributed by atoms with Crippen molar-refractivity contribution in [2.24, 2.45) is 5.73 Å². The summed E-state index contributed by atoms with van der Waals surface area (Å²) < 4.78 is 10.0. The van der Waals surface area contributed by atoms with Crippen LogP contribution in [0.5, 0.6) is 0 Å². The number of nitrogens with two attached hydrogens (primary N) is 1. The average Bonchev–Trinajstić information content (AvgIpc) is 2.86. The normalized spacial score (nSPS) is 17.2. The highest BCUT2D eigenvalue weighted by Crippen LogP contribution is 2.36. The lowest BCUT2D eigenvalue weighted by Gasteiger charge is -2.11. The average molecular weight is 301 g/mol. The summed E-state index contributed by atoms with van der Waals surface area (Å²) >= 11 is 0. The molecule has 0 saturated heterocycles. The van der Waals surface area contributed by atoms with Gasteiger partial charge in [-0.15, -0.1) is 0 Å². The molecule has 5 nitrogen and oxygen atoms in total. The standard InChI is InChI=1S/C17H19NO4/c1-3-21-16(19)13-10-12(11-8-6-5-7-9-11)15(18)14(13)17(20)22-4-2/h5-10,12H,3-4,18H2,1-2H3. The van der Waals surface area contributed by atoms with Gasteiger partial charge in [0.1, 0.15) is 0 Å². The van der Waals surface area contributed by atoms with Gasteiger partial charge in [0, 0.05) is 11.6 Å². The fourth-order valence-corrected chi connectivity index (χ4v) is 2.40. The number of hydrogen-bond donors (Lipinski definition) is 1. The van der Waals surface area contributed by atoms with Crippen LogP contribution in [0.25, 0.3) is 0 Å². The molecule has 0 saturated carbocycles. The van der Waals surface area contributed by atoms with Gasteiger partial charge < -0.3 is 15.2 Å². The molecule has 2 rings (SSSR count). The molecule has 0 aliphatic heterocycles. The molecule has 0 amide bonds. The number of benzene rings is 1. The molecule has 0 bridgehead atoms. The SMILES string of the molecule is CCOC(=O)C1=CC(c2ccccc2)C(N)=C1C(=O)OCC. The van der Waals surface area contributed by atoms with Crippen molar-refractivity contribution < 1.29 is 19.1 Å². The molecule has 22 heavy (non-hydrogen) atoms. The Balaban J connectivity index is 2.45. The highest BCUT2D eigenvalue weighted by Gasteiger charge is 2.35. The Morgan fingerprint density at radius 3 is 2.23 bits per heavy atom. The molecule has 1 aromatic carbocycles. The summed E-state index contributed by atoms with van der Waals surface area (Å²) in [6.45, 7) is 3.84. The van der Waals surface area contributed by atoms with Gasteiger partial charge in [0.25, 0.3) is 0 Å². The molecule has 1 atom stereocenters. The van der Waals surface area contributed by atoms with Gasteiger partial charge in [0.05, 0.1) is 24.4 Å². The highest BCUT2D eigenvalue weighted by atomic mass is 16.5. The second-order valence-corrected chi connectivity index (χ2v) is 4.74. The van der Waals surface area contributed by atoms with Crippen LogP contribution < -0.4 is 5.73 Å². The van der Waals surface area contributed by atoms with Crippen LogP contribution >= 0.6 is 0 Å². The molecule has 0 heterocycles. The maximum atomic E-state index is 12.1. The Morgan fingerprint density at radius 1 is 1.05 bits per heavy atom. The smallest absolute Gasteiger partial charge is 0.340 e. The van der Waals surface area contributed by atoms with Crippen molar-refractivity contribution in [3.05, 3.63) is 58.8 Å². The number of ether oxygens (including phenoxy) is 2. The first kappa shape index (κ1) is 15.8. The van der Waals surface area contributed by atoms with Crippen molar-refractivity contribution >= 4 is 11.9 Å². The van der Waals surface area contributed by atoms with E-state index in [-0.39, 0.29) is 30.3 Å². The molecule has 0 fully saturated rings. The quantitative estimate of drug-likeness (QED) is 0.842. The van der Waals surface area contributed by atoms with Crippen LogP contribution in [0, 0.1) is 0 Å². The number of allylic oxidation sites excluding steroid dienone is 1. The highest BCUT2D eigenvalue weighted by molar-refractivity contribution is 6.09. The van der Waals surface area contributed by atoms with Crippen molar-refractivity contribution in [1.82, 2.24) is 0 Å². The predicted molar refractivity (Wildman–Crippen MR) is 81.7 cm³/mol. The zero-order valence-electron chi connectivity index (χ0n) is 12.7. The summed E-state index contributed by atoms with van der Waals surface area (Å²) in [4.78, 5) is 24.2. The van der Waals surface area contributed by atoms with Crippen LogP contribution in [0.2, 0.25) is 0 Å². The van der Waals surface area contributed by atoms with E-state index in [1.54, 1.807) is 19.9 Å². The van der Waals surface area contributed by atoms with Crippen molar-refractivity contribution in [1.29, 1.82) is 0 Å². The van der Waals surface area contributed by atoms with E-state index in [0.29, 0.717) is 5.70 Å². The lowest BCUT2D eigenvalue weighted by Crippen LogP contribution is -2.18. The maximum absolute atomic E-state index is 12.1. The molecule has 0 spiro atoms. The Morgan fingerprint density at radius 2 is 1.64 bits per heavy atom. The van der Waals surface area contributed by atoms with Crippen molar-refractivity contribution in [3.63, 3.8) is 0 Å². The van der Waals surface area contributed by atoms with Gasteiger partial charge in [-0.25, -0.2) is 9.59 Å². The van der Waals surface area contributed by atoms with Gasteiger partial charge in [-0.2, -0.15) is 0 Å². The molecule has 0 aromatic heterocycles. The monoisotopic (exact) mass is 301 g/mol. The van der Waals surface area contributed by atoms with Crippen LogP contribution in [0.3, 0.4) is 0 Å². The van der Waals surface area contributed by atoms with E-state index in [4.69, 9.17) is 15.2 Å². The number of hydrogen-bond acceptors (Lipinski definition) is 5. The van der Waals surface area contributed by atoms with Crippen molar-refractivity contribution in [2.45, 2.75) is 19.8 Å². The predicted octanol–water partition coefficient (Wildman–Crippen LogP) is 2.05. The van der Waals surface area contributed by atoms with E-state index in [2.05, 4.69) is 0 Å². The summed E-state index contributed by atoms with van der Waals surface area (Å²) in [5.41, 5.74) is 7.62. The van der Waals surface area contributed by atoms with Gasteiger partial charge in [-0.3, -0.25) is 0 Å².